The molecule has 0 unspecified atom stereocenters. The minimum atomic E-state index is 0.807. The average Bonchev–Trinajstić information content (AvgIpc) is 3.14. The highest BCUT2D eigenvalue weighted by molar-refractivity contribution is 5.14. The summed E-state index contributed by atoms with van der Waals surface area (Å²) in [7, 11) is 0. The predicted molar refractivity (Wildman–Crippen MR) is 99.2 cm³/mol. The van der Waals surface area contributed by atoms with Gasteiger partial charge in [0, 0.05) is 71.0 Å². The van der Waals surface area contributed by atoms with Gasteiger partial charge in [-0.2, -0.15) is 0 Å². The Morgan fingerprint density at radius 2 is 1.42 bits per heavy atom. The minimum Gasteiger partial charge on any atom is -0.314 e. The van der Waals surface area contributed by atoms with Crippen LogP contribution in [0.2, 0.25) is 0 Å². The molecule has 4 rings (SSSR count). The van der Waals surface area contributed by atoms with Crippen molar-refractivity contribution in [1.29, 1.82) is 0 Å². The number of rotatable bonds is 4. The summed E-state index contributed by atoms with van der Waals surface area (Å²) in [4.78, 5) is 8.20. The zero-order valence-electron chi connectivity index (χ0n) is 14.9. The topological polar surface area (TPSA) is 21.8 Å². The number of nitrogens with zero attached hydrogens (tertiary/aromatic N) is 3. The fourth-order valence-electron chi connectivity index (χ4n) is 4.88. The van der Waals surface area contributed by atoms with Gasteiger partial charge in [0.25, 0.3) is 0 Å². The van der Waals surface area contributed by atoms with Crippen molar-refractivity contribution >= 4 is 0 Å². The van der Waals surface area contributed by atoms with Crippen LogP contribution in [0.3, 0.4) is 0 Å². The van der Waals surface area contributed by atoms with Gasteiger partial charge in [0.2, 0.25) is 0 Å². The van der Waals surface area contributed by atoms with Crippen molar-refractivity contribution in [2.45, 2.75) is 37.9 Å². The van der Waals surface area contributed by atoms with E-state index in [-0.39, 0.29) is 0 Å². The van der Waals surface area contributed by atoms with Gasteiger partial charge in [-0.25, -0.2) is 0 Å². The molecular formula is C20H32N4. The van der Waals surface area contributed by atoms with Crippen LogP contribution in [0.5, 0.6) is 0 Å². The SMILES string of the molecule is c1ccc(CN2CCN([C@@H]3CCC[C@H]3N3CCNCC3)CC2)cc1. The molecule has 2 aliphatic heterocycles. The first kappa shape index (κ1) is 16.5. The average molecular weight is 329 g/mol. The van der Waals surface area contributed by atoms with E-state index >= 15 is 0 Å². The van der Waals surface area contributed by atoms with Gasteiger partial charge in [-0.05, 0) is 18.4 Å². The quantitative estimate of drug-likeness (QED) is 0.907. The molecule has 0 aromatic heterocycles. The summed E-state index contributed by atoms with van der Waals surface area (Å²) >= 11 is 0. The summed E-state index contributed by atoms with van der Waals surface area (Å²) in [6, 6.07) is 12.5. The molecular weight excluding hydrogens is 296 g/mol. The van der Waals surface area contributed by atoms with Gasteiger partial charge in [0.1, 0.15) is 0 Å². The van der Waals surface area contributed by atoms with E-state index in [2.05, 4.69) is 50.3 Å². The van der Waals surface area contributed by atoms with Crippen molar-refractivity contribution in [3.05, 3.63) is 35.9 Å². The van der Waals surface area contributed by atoms with E-state index in [1.165, 1.54) is 77.2 Å². The van der Waals surface area contributed by atoms with Crippen molar-refractivity contribution in [3.8, 4) is 0 Å². The van der Waals surface area contributed by atoms with Gasteiger partial charge < -0.3 is 5.32 Å². The lowest BCUT2D eigenvalue weighted by atomic mass is 10.1. The van der Waals surface area contributed by atoms with E-state index < -0.39 is 0 Å². The molecule has 2 atom stereocenters. The van der Waals surface area contributed by atoms with Crippen LogP contribution >= 0.6 is 0 Å². The number of hydrogen-bond donors (Lipinski definition) is 1. The van der Waals surface area contributed by atoms with Gasteiger partial charge in [-0.1, -0.05) is 36.8 Å². The fourth-order valence-corrected chi connectivity index (χ4v) is 4.88. The van der Waals surface area contributed by atoms with Crippen LogP contribution in [-0.2, 0) is 6.54 Å². The first-order valence-corrected chi connectivity index (χ1v) is 9.85. The molecule has 3 fully saturated rings. The Morgan fingerprint density at radius 3 is 2.08 bits per heavy atom. The molecule has 1 aromatic rings. The standard InChI is InChI=1S/C20H32N4/c1-2-5-18(6-3-1)17-22-13-15-24(16-14-22)20-8-4-7-19(20)23-11-9-21-10-12-23/h1-3,5-6,19-21H,4,7-17H2/t19-,20-/m1/s1. The van der Waals surface area contributed by atoms with Crippen LogP contribution in [0.1, 0.15) is 24.8 Å². The molecule has 3 aliphatic rings. The Bertz CT molecular complexity index is 492. The van der Waals surface area contributed by atoms with Crippen molar-refractivity contribution < 1.29 is 0 Å². The maximum Gasteiger partial charge on any atom is 0.0252 e. The van der Waals surface area contributed by atoms with Crippen molar-refractivity contribution in [2.24, 2.45) is 0 Å². The second kappa shape index (κ2) is 7.96. The zero-order valence-corrected chi connectivity index (χ0v) is 14.9. The van der Waals surface area contributed by atoms with E-state index in [9.17, 15) is 0 Å². The summed E-state index contributed by atoms with van der Waals surface area (Å²) in [5.41, 5.74) is 1.45. The maximum atomic E-state index is 3.50. The Hall–Kier alpha value is -0.940. The Labute approximate surface area is 146 Å². The largest absolute Gasteiger partial charge is 0.314 e. The molecule has 1 saturated carbocycles. The van der Waals surface area contributed by atoms with Gasteiger partial charge >= 0.3 is 0 Å². The first-order chi connectivity index (χ1) is 11.9. The van der Waals surface area contributed by atoms with Crippen LogP contribution in [0.25, 0.3) is 0 Å². The van der Waals surface area contributed by atoms with Gasteiger partial charge in [0.05, 0.1) is 0 Å². The lowest BCUT2D eigenvalue weighted by Crippen LogP contribution is -2.57. The lowest BCUT2D eigenvalue weighted by molar-refractivity contribution is 0.0466. The summed E-state index contributed by atoms with van der Waals surface area (Å²) in [5.74, 6) is 0. The van der Waals surface area contributed by atoms with Crippen molar-refractivity contribution in [3.63, 3.8) is 0 Å². The number of nitrogens with one attached hydrogen (secondary N) is 1. The molecule has 0 bridgehead atoms. The molecule has 1 aromatic carbocycles. The molecule has 24 heavy (non-hydrogen) atoms. The number of benzene rings is 1. The van der Waals surface area contributed by atoms with Crippen LogP contribution in [0.15, 0.2) is 30.3 Å². The van der Waals surface area contributed by atoms with E-state index in [0.29, 0.717) is 0 Å². The van der Waals surface area contributed by atoms with E-state index in [4.69, 9.17) is 0 Å². The fraction of sp³-hybridized carbons (Fsp3) is 0.700. The third-order valence-corrected chi connectivity index (χ3v) is 6.19. The smallest absolute Gasteiger partial charge is 0.0252 e. The highest BCUT2D eigenvalue weighted by Crippen LogP contribution is 2.29. The highest BCUT2D eigenvalue weighted by Gasteiger charge is 2.37. The Balaban J connectivity index is 1.30. The van der Waals surface area contributed by atoms with Gasteiger partial charge in [0.15, 0.2) is 0 Å². The highest BCUT2D eigenvalue weighted by atomic mass is 15.3. The molecule has 1 aliphatic carbocycles. The van der Waals surface area contributed by atoms with E-state index in [0.717, 1.165) is 18.6 Å². The second-order valence-electron chi connectivity index (χ2n) is 7.65. The molecule has 2 heterocycles. The molecule has 2 saturated heterocycles. The Kier molecular flexibility index (Phi) is 5.48. The van der Waals surface area contributed by atoms with E-state index in [1.807, 2.05) is 0 Å². The van der Waals surface area contributed by atoms with Crippen molar-refractivity contribution in [1.82, 2.24) is 20.0 Å². The summed E-state index contributed by atoms with van der Waals surface area (Å²) in [6.07, 6.45) is 4.24. The van der Waals surface area contributed by atoms with Crippen LogP contribution in [0.4, 0.5) is 0 Å². The number of hydrogen-bond acceptors (Lipinski definition) is 4. The molecule has 132 valence electrons. The monoisotopic (exact) mass is 328 g/mol. The van der Waals surface area contributed by atoms with Crippen LogP contribution < -0.4 is 5.32 Å². The maximum absolute atomic E-state index is 3.50. The molecule has 0 spiro atoms. The number of piperazine rings is 2. The third-order valence-electron chi connectivity index (χ3n) is 6.19. The molecule has 4 nitrogen and oxygen atoms in total. The molecule has 0 amide bonds. The van der Waals surface area contributed by atoms with Gasteiger partial charge in [-0.3, -0.25) is 14.7 Å². The summed E-state index contributed by atoms with van der Waals surface area (Å²) in [6.45, 7) is 10.9. The normalized spacial score (nSPS) is 30.7. The summed E-state index contributed by atoms with van der Waals surface area (Å²) in [5, 5.41) is 3.50. The Morgan fingerprint density at radius 1 is 0.792 bits per heavy atom. The van der Waals surface area contributed by atoms with Crippen molar-refractivity contribution in [2.75, 3.05) is 52.4 Å². The molecule has 1 N–H and O–H groups in total. The van der Waals surface area contributed by atoms with E-state index in [1.54, 1.807) is 0 Å². The van der Waals surface area contributed by atoms with Gasteiger partial charge in [-0.15, -0.1) is 0 Å². The zero-order chi connectivity index (χ0) is 16.2. The molecule has 0 radical (unpaired) electrons. The van der Waals surface area contributed by atoms with Crippen LogP contribution in [0, 0.1) is 0 Å². The predicted octanol–water partition coefficient (Wildman–Crippen LogP) is 1.63. The second-order valence-corrected chi connectivity index (χ2v) is 7.65. The van der Waals surface area contributed by atoms with Crippen LogP contribution in [-0.4, -0.2) is 79.1 Å². The summed E-state index contributed by atoms with van der Waals surface area (Å²) < 4.78 is 0. The first-order valence-electron chi connectivity index (χ1n) is 9.85. The third kappa shape index (κ3) is 3.83. The minimum absolute atomic E-state index is 0.807. The lowest BCUT2D eigenvalue weighted by Gasteiger charge is -2.44. The molecule has 4 heteroatoms.